The minimum Gasteiger partial charge on any atom is -0.461 e. The van der Waals surface area contributed by atoms with Crippen molar-refractivity contribution < 1.29 is 9.53 Å². The molecule has 1 N–H and O–H groups in total. The number of nitrogens with one attached hydrogen (secondary N) is 1. The molecule has 0 bridgehead atoms. The second-order valence-electron chi connectivity index (χ2n) is 5.20. The molecule has 0 aromatic carbocycles. The number of esters is 1. The van der Waals surface area contributed by atoms with Crippen molar-refractivity contribution in [3.63, 3.8) is 0 Å². The Morgan fingerprint density at radius 2 is 2.33 bits per heavy atom. The predicted octanol–water partition coefficient (Wildman–Crippen LogP) is 0.195. The van der Waals surface area contributed by atoms with E-state index in [-0.39, 0.29) is 24.2 Å². The summed E-state index contributed by atoms with van der Waals surface area (Å²) >= 11 is 0. The fourth-order valence-electron chi connectivity index (χ4n) is 2.75. The van der Waals surface area contributed by atoms with E-state index in [0.717, 1.165) is 37.5 Å². The Morgan fingerprint density at radius 3 is 3.06 bits per heavy atom. The fraction of sp³-hybridized carbons (Fsp3) is 0.750. The number of fused-ring (bicyclic) bond motifs is 1. The maximum absolute atomic E-state index is 11.6. The highest BCUT2D eigenvalue weighted by atomic mass is 16.6. The Balaban J connectivity index is 1.64. The Bertz CT molecular complexity index is 471. The first-order valence-corrected chi connectivity index (χ1v) is 6.48. The van der Waals surface area contributed by atoms with Crippen LogP contribution in [-0.2, 0) is 22.5 Å². The number of aryl methyl sites for hydroxylation is 2. The van der Waals surface area contributed by atoms with Gasteiger partial charge in [0.25, 0.3) is 0 Å². The summed E-state index contributed by atoms with van der Waals surface area (Å²) in [5, 5.41) is 7.74. The van der Waals surface area contributed by atoms with Crippen LogP contribution in [0.5, 0.6) is 0 Å². The van der Waals surface area contributed by atoms with E-state index in [1.54, 1.807) is 0 Å². The summed E-state index contributed by atoms with van der Waals surface area (Å²) in [6.07, 6.45) is 2.70. The molecule has 6 heteroatoms. The van der Waals surface area contributed by atoms with Crippen LogP contribution in [0.25, 0.3) is 0 Å². The average Bonchev–Trinajstić information content (AvgIpc) is 2.80. The van der Waals surface area contributed by atoms with Gasteiger partial charge in [-0.2, -0.15) is 5.10 Å². The van der Waals surface area contributed by atoms with Crippen molar-refractivity contribution in [2.75, 3.05) is 0 Å². The number of cyclic esters (lactones) is 1. The molecule has 3 atom stereocenters. The molecule has 3 rings (SSSR count). The normalized spacial score (nSPS) is 31.2. The van der Waals surface area contributed by atoms with Gasteiger partial charge in [-0.15, -0.1) is 0 Å². The predicted molar refractivity (Wildman–Crippen MR) is 64.0 cm³/mol. The molecule has 18 heavy (non-hydrogen) atoms. The first-order chi connectivity index (χ1) is 8.61. The number of ether oxygens (including phenoxy) is 1. The molecule has 3 heterocycles. The van der Waals surface area contributed by atoms with Gasteiger partial charge >= 0.3 is 5.97 Å². The maximum atomic E-state index is 11.6. The molecule has 0 saturated carbocycles. The maximum Gasteiger partial charge on any atom is 0.323 e. The third-order valence-electron chi connectivity index (χ3n) is 3.57. The smallest absolute Gasteiger partial charge is 0.323 e. The molecule has 98 valence electrons. The monoisotopic (exact) mass is 250 g/mol. The lowest BCUT2D eigenvalue weighted by Gasteiger charge is -2.25. The van der Waals surface area contributed by atoms with Gasteiger partial charge in [0.1, 0.15) is 23.8 Å². The second kappa shape index (κ2) is 4.35. The van der Waals surface area contributed by atoms with Crippen molar-refractivity contribution in [2.24, 2.45) is 0 Å². The van der Waals surface area contributed by atoms with Crippen molar-refractivity contribution >= 4 is 5.97 Å². The SMILES string of the molecule is Cc1nc2n(n1)CC(NC1CC(C)OC1=O)CC2. The van der Waals surface area contributed by atoms with Crippen molar-refractivity contribution in [3.05, 3.63) is 11.6 Å². The minimum absolute atomic E-state index is 0.0303. The number of hydrogen-bond acceptors (Lipinski definition) is 5. The molecule has 1 aromatic rings. The highest BCUT2D eigenvalue weighted by Gasteiger charge is 2.34. The van der Waals surface area contributed by atoms with Crippen LogP contribution in [-0.4, -0.2) is 38.9 Å². The number of nitrogens with zero attached hydrogens (tertiary/aromatic N) is 3. The van der Waals surface area contributed by atoms with Gasteiger partial charge in [-0.3, -0.25) is 10.1 Å². The van der Waals surface area contributed by atoms with Gasteiger partial charge in [0.2, 0.25) is 0 Å². The Hall–Kier alpha value is -1.43. The lowest BCUT2D eigenvalue weighted by Crippen LogP contribution is -2.45. The van der Waals surface area contributed by atoms with Crippen LogP contribution < -0.4 is 5.32 Å². The molecule has 0 radical (unpaired) electrons. The summed E-state index contributed by atoms with van der Waals surface area (Å²) in [5.41, 5.74) is 0. The van der Waals surface area contributed by atoms with E-state index in [9.17, 15) is 4.79 Å². The highest BCUT2D eigenvalue weighted by Crippen LogP contribution is 2.18. The largest absolute Gasteiger partial charge is 0.461 e. The molecular formula is C12H18N4O2. The lowest BCUT2D eigenvalue weighted by atomic mass is 10.1. The molecule has 0 amide bonds. The molecule has 3 unspecified atom stereocenters. The molecular weight excluding hydrogens is 232 g/mol. The second-order valence-corrected chi connectivity index (χ2v) is 5.20. The van der Waals surface area contributed by atoms with E-state index < -0.39 is 0 Å². The zero-order valence-corrected chi connectivity index (χ0v) is 10.7. The first kappa shape index (κ1) is 11.6. The molecule has 1 aromatic heterocycles. The molecule has 6 nitrogen and oxygen atoms in total. The van der Waals surface area contributed by atoms with Crippen LogP contribution in [0.3, 0.4) is 0 Å². The zero-order chi connectivity index (χ0) is 12.7. The molecule has 0 aliphatic carbocycles. The summed E-state index contributed by atoms with van der Waals surface area (Å²) in [6, 6.07) is 0.123. The summed E-state index contributed by atoms with van der Waals surface area (Å²) in [4.78, 5) is 16.0. The van der Waals surface area contributed by atoms with Crippen molar-refractivity contribution in [1.82, 2.24) is 20.1 Å². The van der Waals surface area contributed by atoms with Gasteiger partial charge < -0.3 is 4.74 Å². The van der Waals surface area contributed by atoms with Crippen molar-refractivity contribution in [2.45, 2.75) is 57.8 Å². The van der Waals surface area contributed by atoms with Crippen LogP contribution in [0.4, 0.5) is 0 Å². The third kappa shape index (κ3) is 2.12. The molecule has 1 fully saturated rings. The molecule has 0 spiro atoms. The van der Waals surface area contributed by atoms with Crippen LogP contribution in [0, 0.1) is 6.92 Å². The van der Waals surface area contributed by atoms with Gasteiger partial charge in [-0.05, 0) is 20.3 Å². The van der Waals surface area contributed by atoms with E-state index in [1.165, 1.54) is 0 Å². The zero-order valence-electron chi connectivity index (χ0n) is 10.7. The number of carbonyl (C=O) groups is 1. The van der Waals surface area contributed by atoms with Crippen LogP contribution in [0.15, 0.2) is 0 Å². The van der Waals surface area contributed by atoms with E-state index in [0.29, 0.717) is 0 Å². The number of hydrogen-bond donors (Lipinski definition) is 1. The van der Waals surface area contributed by atoms with Crippen LogP contribution in [0.2, 0.25) is 0 Å². The van der Waals surface area contributed by atoms with E-state index in [2.05, 4.69) is 15.4 Å². The van der Waals surface area contributed by atoms with E-state index in [1.807, 2.05) is 18.5 Å². The summed E-state index contributed by atoms with van der Waals surface area (Å²) in [5.74, 6) is 1.75. The summed E-state index contributed by atoms with van der Waals surface area (Å²) in [7, 11) is 0. The Morgan fingerprint density at radius 1 is 1.50 bits per heavy atom. The molecule has 1 saturated heterocycles. The van der Waals surface area contributed by atoms with Gasteiger partial charge in [0, 0.05) is 18.9 Å². The average molecular weight is 250 g/mol. The molecule has 2 aliphatic rings. The van der Waals surface area contributed by atoms with Crippen LogP contribution >= 0.6 is 0 Å². The highest BCUT2D eigenvalue weighted by molar-refractivity contribution is 5.77. The van der Waals surface area contributed by atoms with E-state index in [4.69, 9.17) is 4.74 Å². The standard InChI is InChI=1S/C12H18N4O2/c1-7-5-10(12(17)18-7)14-9-3-4-11-13-8(2)15-16(11)6-9/h7,9-10,14H,3-6H2,1-2H3. The van der Waals surface area contributed by atoms with Crippen molar-refractivity contribution in [3.8, 4) is 0 Å². The number of aromatic nitrogens is 3. The topological polar surface area (TPSA) is 69.0 Å². The van der Waals surface area contributed by atoms with Crippen molar-refractivity contribution in [1.29, 1.82) is 0 Å². The number of carbonyl (C=O) groups excluding carboxylic acids is 1. The lowest BCUT2D eigenvalue weighted by molar-refractivity contribution is -0.142. The van der Waals surface area contributed by atoms with Gasteiger partial charge in [-0.1, -0.05) is 0 Å². The van der Waals surface area contributed by atoms with Gasteiger partial charge in [0.15, 0.2) is 0 Å². The third-order valence-corrected chi connectivity index (χ3v) is 3.57. The quantitative estimate of drug-likeness (QED) is 0.759. The fourth-order valence-corrected chi connectivity index (χ4v) is 2.75. The summed E-state index contributed by atoms with van der Waals surface area (Å²) in [6.45, 7) is 4.62. The summed E-state index contributed by atoms with van der Waals surface area (Å²) < 4.78 is 7.10. The van der Waals surface area contributed by atoms with Gasteiger partial charge in [-0.25, -0.2) is 9.67 Å². The van der Waals surface area contributed by atoms with Crippen LogP contribution in [0.1, 0.15) is 31.4 Å². The van der Waals surface area contributed by atoms with Gasteiger partial charge in [0.05, 0.1) is 6.54 Å². The first-order valence-electron chi connectivity index (χ1n) is 6.48. The number of rotatable bonds is 2. The van der Waals surface area contributed by atoms with E-state index >= 15 is 0 Å². The minimum atomic E-state index is -0.156. The Kier molecular flexibility index (Phi) is 2.81. The molecule has 2 aliphatic heterocycles. The Labute approximate surface area is 106 Å².